The van der Waals surface area contributed by atoms with E-state index in [4.69, 9.17) is 0 Å². The zero-order chi connectivity index (χ0) is 17.1. The van der Waals surface area contributed by atoms with Crippen LogP contribution in [-0.2, 0) is 0 Å². The van der Waals surface area contributed by atoms with E-state index in [-0.39, 0.29) is 0 Å². The van der Waals surface area contributed by atoms with E-state index in [9.17, 15) is 0 Å². The Hall–Kier alpha value is -2.68. The molecular formula is C24H14S2. The van der Waals surface area contributed by atoms with Crippen LogP contribution in [0.25, 0.3) is 52.2 Å². The predicted octanol–water partition coefficient (Wildman–Crippen LogP) is 8.09. The van der Waals surface area contributed by atoms with Crippen LogP contribution in [0, 0.1) is 0 Å². The van der Waals surface area contributed by atoms with Gasteiger partial charge in [0.15, 0.2) is 0 Å². The van der Waals surface area contributed by atoms with Gasteiger partial charge in [0.1, 0.15) is 0 Å². The van der Waals surface area contributed by atoms with E-state index >= 15 is 0 Å². The summed E-state index contributed by atoms with van der Waals surface area (Å²) >= 11 is 3.69. The van der Waals surface area contributed by atoms with Crippen molar-refractivity contribution in [3.63, 3.8) is 0 Å². The summed E-state index contributed by atoms with van der Waals surface area (Å²) in [6, 6.07) is 29.1. The van der Waals surface area contributed by atoms with Gasteiger partial charge in [-0.2, -0.15) is 0 Å². The molecule has 0 amide bonds. The van der Waals surface area contributed by atoms with Crippen molar-refractivity contribution in [2.75, 3.05) is 0 Å². The van der Waals surface area contributed by atoms with Crippen molar-refractivity contribution < 1.29 is 0 Å². The molecule has 0 aliphatic heterocycles. The van der Waals surface area contributed by atoms with Crippen LogP contribution in [0.5, 0.6) is 0 Å². The summed E-state index contributed by atoms with van der Waals surface area (Å²) in [6.45, 7) is 0. The summed E-state index contributed by atoms with van der Waals surface area (Å²) < 4.78 is 2.73. The van der Waals surface area contributed by atoms with Crippen molar-refractivity contribution in [2.24, 2.45) is 0 Å². The second kappa shape index (κ2) is 5.41. The lowest BCUT2D eigenvalue weighted by atomic mass is 10.0. The van der Waals surface area contributed by atoms with Gasteiger partial charge in [0, 0.05) is 25.0 Å². The Labute approximate surface area is 158 Å². The van der Waals surface area contributed by atoms with Gasteiger partial charge >= 0.3 is 0 Å². The van der Waals surface area contributed by atoms with Gasteiger partial charge in [-0.25, -0.2) is 0 Å². The number of fused-ring (bicyclic) bond motifs is 5. The van der Waals surface area contributed by atoms with Crippen LogP contribution in [0.4, 0.5) is 0 Å². The number of thiophene rings is 2. The van der Waals surface area contributed by atoms with Gasteiger partial charge in [-0.15, -0.1) is 22.7 Å². The molecule has 26 heavy (non-hydrogen) atoms. The van der Waals surface area contributed by atoms with Crippen molar-refractivity contribution in [3.05, 3.63) is 84.2 Å². The molecule has 2 heteroatoms. The van der Waals surface area contributed by atoms with Crippen molar-refractivity contribution >= 4 is 64.4 Å². The average Bonchev–Trinajstić information content (AvgIpc) is 3.32. The highest BCUT2D eigenvalue weighted by Crippen LogP contribution is 2.39. The van der Waals surface area contributed by atoms with Gasteiger partial charge < -0.3 is 0 Å². The van der Waals surface area contributed by atoms with Crippen molar-refractivity contribution in [1.82, 2.24) is 0 Å². The molecule has 4 aromatic carbocycles. The Kier molecular flexibility index (Phi) is 3.01. The van der Waals surface area contributed by atoms with Crippen LogP contribution in [0.3, 0.4) is 0 Å². The van der Waals surface area contributed by atoms with Gasteiger partial charge in [-0.1, -0.05) is 42.5 Å². The Morgan fingerprint density at radius 2 is 1.23 bits per heavy atom. The minimum atomic E-state index is 1.30. The highest BCUT2D eigenvalue weighted by Gasteiger charge is 2.09. The van der Waals surface area contributed by atoms with E-state index in [1.807, 2.05) is 11.3 Å². The summed E-state index contributed by atoms with van der Waals surface area (Å²) in [6.07, 6.45) is 0. The molecule has 6 rings (SSSR count). The Morgan fingerprint density at radius 3 is 1.96 bits per heavy atom. The highest BCUT2D eigenvalue weighted by molar-refractivity contribution is 7.26. The van der Waals surface area contributed by atoms with Crippen molar-refractivity contribution in [1.29, 1.82) is 0 Å². The molecule has 0 N–H and O–H groups in total. The van der Waals surface area contributed by atoms with E-state index < -0.39 is 0 Å². The van der Waals surface area contributed by atoms with Crippen LogP contribution in [0.2, 0.25) is 0 Å². The quantitative estimate of drug-likeness (QED) is 0.276. The lowest BCUT2D eigenvalue weighted by Crippen LogP contribution is -1.77. The maximum atomic E-state index is 2.36. The van der Waals surface area contributed by atoms with E-state index in [0.717, 1.165) is 0 Å². The van der Waals surface area contributed by atoms with Gasteiger partial charge in [0.05, 0.1) is 0 Å². The lowest BCUT2D eigenvalue weighted by molar-refractivity contribution is 1.78. The summed E-state index contributed by atoms with van der Waals surface area (Å²) in [5.41, 5.74) is 1.30. The second-order valence-electron chi connectivity index (χ2n) is 6.69. The maximum Gasteiger partial charge on any atom is 0.0361 e. The molecule has 0 saturated heterocycles. The monoisotopic (exact) mass is 366 g/mol. The zero-order valence-electron chi connectivity index (χ0n) is 13.9. The first-order valence-electron chi connectivity index (χ1n) is 8.68. The second-order valence-corrected chi connectivity index (χ2v) is 8.72. The third kappa shape index (κ3) is 2.13. The fourth-order valence-electron chi connectivity index (χ4n) is 3.80. The molecule has 0 spiro atoms. The first-order chi connectivity index (χ1) is 12.8. The maximum absolute atomic E-state index is 2.36. The number of hydrogen-bond donors (Lipinski definition) is 0. The zero-order valence-corrected chi connectivity index (χ0v) is 15.5. The fourth-order valence-corrected chi connectivity index (χ4v) is 5.69. The van der Waals surface area contributed by atoms with E-state index in [0.29, 0.717) is 0 Å². The minimum absolute atomic E-state index is 1.30. The third-order valence-electron chi connectivity index (χ3n) is 5.10. The molecular weight excluding hydrogens is 352 g/mol. The Balaban J connectivity index is 1.66. The first kappa shape index (κ1) is 14.5. The molecule has 0 nitrogen and oxygen atoms in total. The molecule has 0 fully saturated rings. The molecule has 6 aromatic rings. The molecule has 122 valence electrons. The van der Waals surface area contributed by atoms with Crippen LogP contribution >= 0.6 is 22.7 Å². The van der Waals surface area contributed by atoms with Gasteiger partial charge in [-0.3, -0.25) is 0 Å². The topological polar surface area (TPSA) is 0 Å². The van der Waals surface area contributed by atoms with Gasteiger partial charge in [0.25, 0.3) is 0 Å². The summed E-state index contributed by atoms with van der Waals surface area (Å²) in [5, 5.41) is 10.1. The smallest absolute Gasteiger partial charge is 0.0361 e. The number of rotatable bonds is 1. The van der Waals surface area contributed by atoms with Crippen molar-refractivity contribution in [2.45, 2.75) is 0 Å². The van der Waals surface area contributed by atoms with E-state index in [1.54, 1.807) is 11.3 Å². The molecule has 2 aromatic heterocycles. The van der Waals surface area contributed by atoms with E-state index in [2.05, 4.69) is 84.2 Å². The van der Waals surface area contributed by atoms with Crippen LogP contribution in [0.15, 0.2) is 84.2 Å². The molecule has 0 aliphatic carbocycles. The molecule has 2 heterocycles. The van der Waals surface area contributed by atoms with Crippen LogP contribution in [-0.4, -0.2) is 0 Å². The van der Waals surface area contributed by atoms with E-state index in [1.165, 1.54) is 52.2 Å². The standard InChI is InChI=1S/C24H14S2/c1-2-5-16-13-23-20(11-15(16)4-1)21-12-17-7-8-18(22-6-3-9-25-22)10-19(17)14-24(21)26-23/h1-14H. The van der Waals surface area contributed by atoms with Gasteiger partial charge in [-0.05, 0) is 68.9 Å². The lowest BCUT2D eigenvalue weighted by Gasteiger charge is -2.03. The number of hydrogen-bond acceptors (Lipinski definition) is 2. The van der Waals surface area contributed by atoms with Crippen molar-refractivity contribution in [3.8, 4) is 10.4 Å². The summed E-state index contributed by atoms with van der Waals surface area (Å²) in [7, 11) is 0. The fraction of sp³-hybridized carbons (Fsp3) is 0. The SMILES string of the molecule is c1csc(-c2ccc3cc4c(cc3c2)sc2cc3ccccc3cc24)c1. The average molecular weight is 367 g/mol. The molecule has 0 unspecified atom stereocenters. The number of benzene rings is 4. The molecule has 0 saturated carbocycles. The summed E-state index contributed by atoms with van der Waals surface area (Å²) in [4.78, 5) is 1.33. The predicted molar refractivity (Wildman–Crippen MR) is 118 cm³/mol. The molecule has 0 radical (unpaired) electrons. The highest BCUT2D eigenvalue weighted by atomic mass is 32.1. The minimum Gasteiger partial charge on any atom is -0.144 e. The molecule has 0 bridgehead atoms. The summed E-state index contributed by atoms with van der Waals surface area (Å²) in [5.74, 6) is 0. The molecule has 0 atom stereocenters. The Bertz CT molecular complexity index is 1420. The normalized spacial score (nSPS) is 11.8. The van der Waals surface area contributed by atoms with Crippen LogP contribution in [0.1, 0.15) is 0 Å². The largest absolute Gasteiger partial charge is 0.144 e. The molecule has 0 aliphatic rings. The van der Waals surface area contributed by atoms with Gasteiger partial charge in [0.2, 0.25) is 0 Å². The first-order valence-corrected chi connectivity index (χ1v) is 10.4. The Morgan fingerprint density at radius 1 is 0.538 bits per heavy atom. The van der Waals surface area contributed by atoms with Crippen LogP contribution < -0.4 is 0 Å². The third-order valence-corrected chi connectivity index (χ3v) is 7.14.